The number of nitrogens with zero attached hydrogens (tertiary/aromatic N) is 3. The van der Waals surface area contributed by atoms with Crippen LogP contribution in [0.15, 0.2) is 36.7 Å². The average Bonchev–Trinajstić information content (AvgIpc) is 3.15. The molecular formula is C19H23FN4O2. The highest BCUT2D eigenvalue weighted by Gasteiger charge is 2.49. The van der Waals surface area contributed by atoms with E-state index in [9.17, 15) is 14.3 Å². The first-order valence-corrected chi connectivity index (χ1v) is 9.06. The van der Waals surface area contributed by atoms with Gasteiger partial charge < -0.3 is 10.4 Å². The lowest BCUT2D eigenvalue weighted by molar-refractivity contribution is -0.149. The molecule has 138 valence electrons. The molecule has 0 radical (unpaired) electrons. The van der Waals surface area contributed by atoms with Gasteiger partial charge in [-0.25, -0.2) is 9.07 Å². The Hall–Kier alpha value is -2.25. The van der Waals surface area contributed by atoms with Crippen molar-refractivity contribution in [1.82, 2.24) is 20.0 Å². The fraction of sp³-hybridized carbons (Fsp3) is 0.474. The van der Waals surface area contributed by atoms with Gasteiger partial charge in [0.2, 0.25) is 5.91 Å². The number of likely N-dealkylation sites (tertiary alicyclic amines) is 1. The third-order valence-electron chi connectivity index (χ3n) is 5.59. The number of rotatable bonds is 3. The normalized spacial score (nSPS) is 26.8. The Bertz CT molecular complexity index is 795. The number of halogens is 1. The summed E-state index contributed by atoms with van der Waals surface area (Å²) in [5, 5.41) is 17.7. The maximum absolute atomic E-state index is 13.9. The van der Waals surface area contributed by atoms with Crippen LogP contribution in [0.3, 0.4) is 0 Å². The van der Waals surface area contributed by atoms with E-state index in [1.54, 1.807) is 16.9 Å². The maximum Gasteiger partial charge on any atom is 0.230 e. The summed E-state index contributed by atoms with van der Waals surface area (Å²) in [4.78, 5) is 14.7. The molecule has 2 aliphatic rings. The van der Waals surface area contributed by atoms with Gasteiger partial charge in [0.25, 0.3) is 0 Å². The van der Waals surface area contributed by atoms with Gasteiger partial charge >= 0.3 is 0 Å². The predicted molar refractivity (Wildman–Crippen MR) is 94.1 cm³/mol. The van der Waals surface area contributed by atoms with E-state index in [4.69, 9.17) is 0 Å². The second-order valence-corrected chi connectivity index (χ2v) is 7.25. The summed E-state index contributed by atoms with van der Waals surface area (Å²) in [5.41, 5.74) is 0.886. The molecule has 1 aromatic heterocycles. The lowest BCUT2D eigenvalue weighted by Gasteiger charge is -2.47. The molecule has 0 aliphatic carbocycles. The lowest BCUT2D eigenvalue weighted by atomic mass is 9.71. The highest BCUT2D eigenvalue weighted by atomic mass is 19.1. The monoisotopic (exact) mass is 358 g/mol. The van der Waals surface area contributed by atoms with Crippen molar-refractivity contribution in [3.8, 4) is 5.69 Å². The van der Waals surface area contributed by atoms with Gasteiger partial charge in [-0.15, -0.1) is 0 Å². The molecule has 1 amide bonds. The van der Waals surface area contributed by atoms with Crippen molar-refractivity contribution < 1.29 is 14.3 Å². The molecule has 0 unspecified atom stereocenters. The van der Waals surface area contributed by atoms with E-state index in [0.29, 0.717) is 39.0 Å². The molecule has 26 heavy (non-hydrogen) atoms. The first kappa shape index (κ1) is 17.2. The molecule has 0 saturated carbocycles. The molecule has 1 spiro atoms. The summed E-state index contributed by atoms with van der Waals surface area (Å²) in [5.74, 6) is -0.356. The van der Waals surface area contributed by atoms with Crippen LogP contribution in [-0.2, 0) is 11.3 Å². The van der Waals surface area contributed by atoms with Crippen LogP contribution in [0.5, 0.6) is 0 Å². The Balaban J connectivity index is 1.60. The Kier molecular flexibility index (Phi) is 4.50. The molecule has 2 fully saturated rings. The van der Waals surface area contributed by atoms with Gasteiger partial charge in [-0.05, 0) is 49.1 Å². The second-order valence-electron chi connectivity index (χ2n) is 7.25. The van der Waals surface area contributed by atoms with E-state index < -0.39 is 11.5 Å². The summed E-state index contributed by atoms with van der Waals surface area (Å²) in [6.07, 6.45) is 4.98. The Morgan fingerprint density at radius 3 is 3.08 bits per heavy atom. The van der Waals surface area contributed by atoms with Gasteiger partial charge in [0.1, 0.15) is 5.82 Å². The average molecular weight is 358 g/mol. The Morgan fingerprint density at radius 2 is 2.31 bits per heavy atom. The van der Waals surface area contributed by atoms with Gasteiger partial charge in [0, 0.05) is 38.6 Å². The molecule has 2 atom stereocenters. The minimum absolute atomic E-state index is 0.0625. The topological polar surface area (TPSA) is 70.4 Å². The molecule has 2 saturated heterocycles. The van der Waals surface area contributed by atoms with Crippen molar-refractivity contribution in [2.45, 2.75) is 31.9 Å². The van der Waals surface area contributed by atoms with Crippen LogP contribution in [0.25, 0.3) is 5.69 Å². The zero-order chi connectivity index (χ0) is 18.1. The zero-order valence-electron chi connectivity index (χ0n) is 14.6. The first-order valence-electron chi connectivity index (χ1n) is 9.06. The smallest absolute Gasteiger partial charge is 0.230 e. The first-order chi connectivity index (χ1) is 12.6. The molecule has 0 bridgehead atoms. The van der Waals surface area contributed by atoms with Crippen molar-refractivity contribution in [3.63, 3.8) is 0 Å². The fourth-order valence-electron chi connectivity index (χ4n) is 4.22. The van der Waals surface area contributed by atoms with E-state index >= 15 is 0 Å². The van der Waals surface area contributed by atoms with Crippen molar-refractivity contribution >= 4 is 5.91 Å². The van der Waals surface area contributed by atoms with Crippen LogP contribution in [0.1, 0.15) is 24.8 Å². The van der Waals surface area contributed by atoms with Crippen molar-refractivity contribution in [2.75, 3.05) is 19.6 Å². The van der Waals surface area contributed by atoms with E-state index in [0.717, 1.165) is 17.7 Å². The van der Waals surface area contributed by atoms with Gasteiger partial charge in [-0.1, -0.05) is 0 Å². The number of amides is 1. The van der Waals surface area contributed by atoms with Crippen LogP contribution >= 0.6 is 0 Å². The standard InChI is InChI=1S/C19H23FN4O2/c20-15-3-4-16(24-9-2-8-22-24)14(11-15)12-23-10-5-17(25)19(13-23)6-1-7-21-18(19)26/h2-4,8-9,11,17,25H,1,5-7,10,12-13H2,(H,21,26)/t17-,19-/m1/s1. The van der Waals surface area contributed by atoms with E-state index in [2.05, 4.69) is 15.3 Å². The molecular weight excluding hydrogens is 335 g/mol. The molecule has 3 heterocycles. The summed E-state index contributed by atoms with van der Waals surface area (Å²) >= 11 is 0. The van der Waals surface area contributed by atoms with Crippen LogP contribution in [0, 0.1) is 11.2 Å². The van der Waals surface area contributed by atoms with Gasteiger partial charge in [0.05, 0.1) is 17.2 Å². The lowest BCUT2D eigenvalue weighted by Crippen LogP contribution is -2.61. The maximum atomic E-state index is 13.9. The SMILES string of the molecule is O=C1NCCC[C@]12CN(Cc1cc(F)ccc1-n1cccn1)CC[C@H]2O. The minimum atomic E-state index is -0.754. The number of aliphatic hydroxyl groups is 1. The quantitative estimate of drug-likeness (QED) is 0.872. The van der Waals surface area contributed by atoms with Gasteiger partial charge in [-0.2, -0.15) is 5.10 Å². The number of piperidine rings is 2. The third kappa shape index (κ3) is 3.01. The van der Waals surface area contributed by atoms with E-state index in [-0.39, 0.29) is 11.7 Å². The summed E-state index contributed by atoms with van der Waals surface area (Å²) in [6, 6.07) is 6.50. The van der Waals surface area contributed by atoms with Gasteiger partial charge in [-0.3, -0.25) is 9.69 Å². The molecule has 7 heteroatoms. The number of aromatic nitrogens is 2. The van der Waals surface area contributed by atoms with E-state index in [1.165, 1.54) is 12.1 Å². The summed E-state index contributed by atoms with van der Waals surface area (Å²) in [6.45, 7) is 2.33. The second kappa shape index (κ2) is 6.81. The van der Waals surface area contributed by atoms with Crippen LogP contribution < -0.4 is 5.32 Å². The molecule has 2 aliphatic heterocycles. The highest BCUT2D eigenvalue weighted by Crippen LogP contribution is 2.38. The summed E-state index contributed by atoms with van der Waals surface area (Å²) in [7, 11) is 0. The molecule has 6 nitrogen and oxygen atoms in total. The largest absolute Gasteiger partial charge is 0.392 e. The third-order valence-corrected chi connectivity index (χ3v) is 5.59. The molecule has 4 rings (SSSR count). The van der Waals surface area contributed by atoms with E-state index in [1.807, 2.05) is 12.3 Å². The fourth-order valence-corrected chi connectivity index (χ4v) is 4.22. The van der Waals surface area contributed by atoms with Crippen LogP contribution in [0.4, 0.5) is 4.39 Å². The number of benzene rings is 1. The molecule has 1 aromatic carbocycles. The number of carbonyl (C=O) groups excluding carboxylic acids is 1. The molecule has 2 aromatic rings. The minimum Gasteiger partial charge on any atom is -0.392 e. The zero-order valence-corrected chi connectivity index (χ0v) is 14.6. The van der Waals surface area contributed by atoms with Crippen LogP contribution in [0.2, 0.25) is 0 Å². The van der Waals surface area contributed by atoms with Crippen molar-refractivity contribution in [2.24, 2.45) is 5.41 Å². The predicted octanol–water partition coefficient (Wildman–Crippen LogP) is 1.47. The number of nitrogens with one attached hydrogen (secondary N) is 1. The van der Waals surface area contributed by atoms with Crippen molar-refractivity contribution in [1.29, 1.82) is 0 Å². The number of hydrogen-bond acceptors (Lipinski definition) is 4. The Labute approximate surface area is 151 Å². The van der Waals surface area contributed by atoms with Crippen LogP contribution in [-0.4, -0.2) is 51.4 Å². The van der Waals surface area contributed by atoms with Crippen molar-refractivity contribution in [3.05, 3.63) is 48.0 Å². The Morgan fingerprint density at radius 1 is 1.42 bits per heavy atom. The number of hydrogen-bond donors (Lipinski definition) is 2. The molecule has 2 N–H and O–H groups in total. The van der Waals surface area contributed by atoms with Gasteiger partial charge in [0.15, 0.2) is 0 Å². The summed E-state index contributed by atoms with van der Waals surface area (Å²) < 4.78 is 15.6. The number of carbonyl (C=O) groups is 1. The number of aliphatic hydroxyl groups excluding tert-OH is 1. The highest BCUT2D eigenvalue weighted by molar-refractivity contribution is 5.84.